The zero-order valence-electron chi connectivity index (χ0n) is 10.6. The van der Waals surface area contributed by atoms with E-state index in [0.29, 0.717) is 24.1 Å². The van der Waals surface area contributed by atoms with Crippen molar-refractivity contribution >= 4 is 0 Å². The molecule has 2 aromatic rings. The summed E-state index contributed by atoms with van der Waals surface area (Å²) in [5.74, 6) is 1.69. The predicted molar refractivity (Wildman–Crippen MR) is 69.8 cm³/mol. The van der Waals surface area contributed by atoms with Crippen LogP contribution in [0.15, 0.2) is 36.5 Å². The molecule has 0 unspecified atom stereocenters. The highest BCUT2D eigenvalue weighted by molar-refractivity contribution is 5.56. The fourth-order valence-electron chi connectivity index (χ4n) is 1.52. The van der Waals surface area contributed by atoms with E-state index >= 15 is 0 Å². The minimum absolute atomic E-state index is 0.494. The predicted octanol–water partition coefficient (Wildman–Crippen LogP) is 2.94. The van der Waals surface area contributed by atoms with Gasteiger partial charge in [0.25, 0.3) is 5.88 Å². The van der Waals surface area contributed by atoms with Gasteiger partial charge in [-0.05, 0) is 6.42 Å². The van der Waals surface area contributed by atoms with Crippen LogP contribution in [0.25, 0.3) is 11.4 Å². The number of ether oxygens (including phenoxy) is 2. The number of aromatic nitrogens is 2. The van der Waals surface area contributed by atoms with Crippen molar-refractivity contribution < 1.29 is 9.47 Å². The van der Waals surface area contributed by atoms with Gasteiger partial charge in [-0.1, -0.05) is 37.3 Å². The number of methoxy groups -OCH3 is 1. The minimum atomic E-state index is 0.494. The van der Waals surface area contributed by atoms with Crippen LogP contribution in [0.3, 0.4) is 0 Å². The summed E-state index contributed by atoms with van der Waals surface area (Å²) >= 11 is 0. The Morgan fingerprint density at radius 2 is 1.94 bits per heavy atom. The van der Waals surface area contributed by atoms with Crippen molar-refractivity contribution in [3.63, 3.8) is 0 Å². The third kappa shape index (κ3) is 2.77. The lowest BCUT2D eigenvalue weighted by Crippen LogP contribution is -2.02. The van der Waals surface area contributed by atoms with Crippen LogP contribution < -0.4 is 9.47 Å². The number of hydrogen-bond acceptors (Lipinski definition) is 4. The van der Waals surface area contributed by atoms with Crippen molar-refractivity contribution in [3.8, 4) is 23.0 Å². The first-order valence-electron chi connectivity index (χ1n) is 5.94. The average Bonchev–Trinajstić information content (AvgIpc) is 2.45. The Kier molecular flexibility index (Phi) is 4.12. The second kappa shape index (κ2) is 6.00. The summed E-state index contributed by atoms with van der Waals surface area (Å²) in [5.41, 5.74) is 0.960. The molecule has 4 nitrogen and oxygen atoms in total. The first kappa shape index (κ1) is 12.4. The monoisotopic (exact) mass is 244 g/mol. The van der Waals surface area contributed by atoms with Crippen LogP contribution in [0, 0.1) is 0 Å². The quantitative estimate of drug-likeness (QED) is 0.811. The van der Waals surface area contributed by atoms with Crippen molar-refractivity contribution in [2.75, 3.05) is 13.7 Å². The Balaban J connectivity index is 2.33. The topological polar surface area (TPSA) is 44.2 Å². The molecule has 0 aliphatic rings. The van der Waals surface area contributed by atoms with Gasteiger partial charge < -0.3 is 9.47 Å². The molecule has 0 aliphatic heterocycles. The first-order valence-corrected chi connectivity index (χ1v) is 5.94. The lowest BCUT2D eigenvalue weighted by Gasteiger charge is -2.09. The SMILES string of the molecule is CCCOc1nc(-c2ccccc2)ncc1OC. The van der Waals surface area contributed by atoms with Crippen LogP contribution in [-0.2, 0) is 0 Å². The molecule has 0 amide bonds. The van der Waals surface area contributed by atoms with E-state index in [1.165, 1.54) is 0 Å². The van der Waals surface area contributed by atoms with Crippen molar-refractivity contribution in [1.82, 2.24) is 9.97 Å². The zero-order chi connectivity index (χ0) is 12.8. The van der Waals surface area contributed by atoms with Crippen molar-refractivity contribution in [1.29, 1.82) is 0 Å². The third-order valence-corrected chi connectivity index (χ3v) is 2.42. The van der Waals surface area contributed by atoms with Crippen molar-refractivity contribution in [3.05, 3.63) is 36.5 Å². The molecule has 94 valence electrons. The number of hydrogen-bond donors (Lipinski definition) is 0. The summed E-state index contributed by atoms with van der Waals surface area (Å²) in [6.45, 7) is 2.66. The third-order valence-electron chi connectivity index (χ3n) is 2.42. The van der Waals surface area contributed by atoms with Crippen molar-refractivity contribution in [2.45, 2.75) is 13.3 Å². The lowest BCUT2D eigenvalue weighted by molar-refractivity contribution is 0.281. The van der Waals surface area contributed by atoms with Gasteiger partial charge in [0.2, 0.25) is 0 Å². The largest absolute Gasteiger partial charge is 0.490 e. The molecular weight excluding hydrogens is 228 g/mol. The molecule has 0 spiro atoms. The number of nitrogens with zero attached hydrogens (tertiary/aromatic N) is 2. The van der Waals surface area contributed by atoms with Gasteiger partial charge in [-0.2, -0.15) is 4.98 Å². The van der Waals surface area contributed by atoms with E-state index in [1.807, 2.05) is 37.3 Å². The molecular formula is C14H16N2O2. The van der Waals surface area contributed by atoms with Crippen LogP contribution in [0.5, 0.6) is 11.6 Å². The molecule has 0 atom stereocenters. The molecule has 18 heavy (non-hydrogen) atoms. The van der Waals surface area contributed by atoms with Crippen LogP contribution >= 0.6 is 0 Å². The standard InChI is InChI=1S/C14H16N2O2/c1-3-9-18-14-12(17-2)10-15-13(16-14)11-7-5-4-6-8-11/h4-8,10H,3,9H2,1-2H3. The fourth-order valence-corrected chi connectivity index (χ4v) is 1.52. The van der Waals surface area contributed by atoms with Gasteiger partial charge in [0.1, 0.15) is 0 Å². The smallest absolute Gasteiger partial charge is 0.260 e. The highest BCUT2D eigenvalue weighted by Gasteiger charge is 2.09. The summed E-state index contributed by atoms with van der Waals surface area (Å²) in [6.07, 6.45) is 2.56. The lowest BCUT2D eigenvalue weighted by atomic mass is 10.2. The van der Waals surface area contributed by atoms with E-state index < -0.39 is 0 Å². The maximum Gasteiger partial charge on any atom is 0.260 e. The van der Waals surface area contributed by atoms with Gasteiger partial charge in [-0.15, -0.1) is 0 Å². The summed E-state index contributed by atoms with van der Waals surface area (Å²) in [6, 6.07) is 9.79. The number of benzene rings is 1. The van der Waals surface area contributed by atoms with Gasteiger partial charge >= 0.3 is 0 Å². The highest BCUT2D eigenvalue weighted by Crippen LogP contribution is 2.26. The molecule has 0 saturated heterocycles. The summed E-state index contributed by atoms with van der Waals surface area (Å²) in [4.78, 5) is 8.67. The zero-order valence-corrected chi connectivity index (χ0v) is 10.6. The Hall–Kier alpha value is -2.10. The molecule has 2 rings (SSSR count). The second-order valence-corrected chi connectivity index (χ2v) is 3.78. The summed E-state index contributed by atoms with van der Waals surface area (Å²) in [7, 11) is 1.58. The van der Waals surface area contributed by atoms with Crippen molar-refractivity contribution in [2.24, 2.45) is 0 Å². The number of rotatable bonds is 5. The van der Waals surface area contributed by atoms with Gasteiger partial charge in [0, 0.05) is 5.56 Å². The highest BCUT2D eigenvalue weighted by atomic mass is 16.5. The Labute approximate surface area is 107 Å². The van der Waals surface area contributed by atoms with E-state index in [2.05, 4.69) is 9.97 Å². The van der Waals surface area contributed by atoms with Crippen LogP contribution in [0.1, 0.15) is 13.3 Å². The molecule has 0 aliphatic carbocycles. The molecule has 0 fully saturated rings. The van der Waals surface area contributed by atoms with Gasteiger partial charge in [0.15, 0.2) is 11.6 Å². The molecule has 0 saturated carbocycles. The van der Waals surface area contributed by atoms with E-state index in [9.17, 15) is 0 Å². The Morgan fingerprint density at radius 3 is 2.61 bits per heavy atom. The minimum Gasteiger partial charge on any atom is -0.490 e. The summed E-state index contributed by atoms with van der Waals surface area (Å²) in [5, 5.41) is 0. The van der Waals surface area contributed by atoms with Crippen LogP contribution in [0.2, 0.25) is 0 Å². The van der Waals surface area contributed by atoms with E-state index in [-0.39, 0.29) is 0 Å². The molecule has 1 aromatic carbocycles. The van der Waals surface area contributed by atoms with Gasteiger partial charge in [-0.25, -0.2) is 4.98 Å². The molecule has 1 heterocycles. The van der Waals surface area contributed by atoms with Gasteiger partial charge in [0.05, 0.1) is 19.9 Å². The fraction of sp³-hybridized carbons (Fsp3) is 0.286. The van der Waals surface area contributed by atoms with Crippen LogP contribution in [-0.4, -0.2) is 23.7 Å². The van der Waals surface area contributed by atoms with E-state index in [1.54, 1.807) is 13.3 Å². The maximum atomic E-state index is 5.56. The molecule has 0 bridgehead atoms. The first-order chi connectivity index (χ1) is 8.85. The van der Waals surface area contributed by atoms with Crippen LogP contribution in [0.4, 0.5) is 0 Å². The molecule has 0 N–H and O–H groups in total. The second-order valence-electron chi connectivity index (χ2n) is 3.78. The molecule has 0 radical (unpaired) electrons. The molecule has 1 aromatic heterocycles. The average molecular weight is 244 g/mol. The Morgan fingerprint density at radius 1 is 1.17 bits per heavy atom. The maximum absolute atomic E-state index is 5.56. The van der Waals surface area contributed by atoms with E-state index in [4.69, 9.17) is 9.47 Å². The van der Waals surface area contributed by atoms with E-state index in [0.717, 1.165) is 12.0 Å². The molecule has 4 heteroatoms. The normalized spacial score (nSPS) is 10.1. The van der Waals surface area contributed by atoms with Gasteiger partial charge in [-0.3, -0.25) is 0 Å². The summed E-state index contributed by atoms with van der Waals surface area (Å²) < 4.78 is 10.7. The Bertz CT molecular complexity index is 500.